The molecule has 1 atom stereocenters. The SMILES string of the molecule is N[C@@H](c1cc(Br)co1)C1CC1. The molecule has 2 N–H and O–H groups in total. The molecule has 60 valence electrons. The topological polar surface area (TPSA) is 39.2 Å². The van der Waals surface area contributed by atoms with E-state index in [-0.39, 0.29) is 6.04 Å². The van der Waals surface area contributed by atoms with Crippen LogP contribution in [0.2, 0.25) is 0 Å². The van der Waals surface area contributed by atoms with E-state index in [9.17, 15) is 0 Å². The molecular weight excluding hydrogens is 206 g/mol. The molecule has 1 fully saturated rings. The van der Waals surface area contributed by atoms with Gasteiger partial charge in [-0.2, -0.15) is 0 Å². The Balaban J connectivity index is 2.14. The van der Waals surface area contributed by atoms with Crippen molar-refractivity contribution in [3.05, 3.63) is 22.6 Å². The summed E-state index contributed by atoms with van der Waals surface area (Å²) in [6.45, 7) is 0. The zero-order valence-electron chi connectivity index (χ0n) is 6.09. The van der Waals surface area contributed by atoms with Crippen molar-refractivity contribution in [3.63, 3.8) is 0 Å². The highest BCUT2D eigenvalue weighted by molar-refractivity contribution is 9.10. The standard InChI is InChI=1S/C8H10BrNO/c9-6-3-7(11-4-6)8(10)5-1-2-5/h3-5,8H,1-2,10H2/t8-/m1/s1. The molecule has 0 unspecified atom stereocenters. The van der Waals surface area contributed by atoms with Crippen LogP contribution in [0.4, 0.5) is 0 Å². The molecule has 2 nitrogen and oxygen atoms in total. The van der Waals surface area contributed by atoms with Gasteiger partial charge in [0.15, 0.2) is 0 Å². The smallest absolute Gasteiger partial charge is 0.121 e. The Labute approximate surface area is 73.9 Å². The van der Waals surface area contributed by atoms with Crippen LogP contribution in [0.15, 0.2) is 21.2 Å². The largest absolute Gasteiger partial charge is 0.466 e. The first kappa shape index (κ1) is 7.37. The van der Waals surface area contributed by atoms with E-state index in [2.05, 4.69) is 15.9 Å². The Morgan fingerprint density at radius 2 is 2.36 bits per heavy atom. The van der Waals surface area contributed by atoms with E-state index in [1.54, 1.807) is 6.26 Å². The van der Waals surface area contributed by atoms with Crippen molar-refractivity contribution in [1.82, 2.24) is 0 Å². The molecule has 0 aliphatic heterocycles. The van der Waals surface area contributed by atoms with Crippen molar-refractivity contribution in [2.45, 2.75) is 18.9 Å². The Kier molecular flexibility index (Phi) is 1.77. The quantitative estimate of drug-likeness (QED) is 0.824. The Morgan fingerprint density at radius 1 is 1.64 bits per heavy atom. The average Bonchev–Trinajstić information content (AvgIpc) is 2.74. The summed E-state index contributed by atoms with van der Waals surface area (Å²) in [5.41, 5.74) is 5.90. The molecule has 0 aromatic carbocycles. The van der Waals surface area contributed by atoms with Crippen LogP contribution in [0, 0.1) is 5.92 Å². The van der Waals surface area contributed by atoms with Crippen LogP contribution >= 0.6 is 15.9 Å². The number of hydrogen-bond donors (Lipinski definition) is 1. The maximum atomic E-state index is 5.90. The van der Waals surface area contributed by atoms with E-state index in [0.29, 0.717) is 5.92 Å². The summed E-state index contributed by atoms with van der Waals surface area (Å²) in [5.74, 6) is 1.56. The minimum absolute atomic E-state index is 0.112. The van der Waals surface area contributed by atoms with E-state index in [0.717, 1.165) is 10.2 Å². The first-order chi connectivity index (χ1) is 5.27. The molecule has 1 aromatic heterocycles. The summed E-state index contributed by atoms with van der Waals surface area (Å²) in [7, 11) is 0. The van der Waals surface area contributed by atoms with Crippen LogP contribution in [0.3, 0.4) is 0 Å². The second-order valence-corrected chi connectivity index (χ2v) is 3.95. The minimum Gasteiger partial charge on any atom is -0.466 e. The van der Waals surface area contributed by atoms with Crippen molar-refractivity contribution in [1.29, 1.82) is 0 Å². The van der Waals surface area contributed by atoms with Crippen LogP contribution in [0.1, 0.15) is 24.6 Å². The van der Waals surface area contributed by atoms with Gasteiger partial charge >= 0.3 is 0 Å². The molecular formula is C8H10BrNO. The summed E-state index contributed by atoms with van der Waals surface area (Å²) in [4.78, 5) is 0. The third-order valence-corrected chi connectivity index (χ3v) is 2.46. The van der Waals surface area contributed by atoms with Crippen LogP contribution in [-0.2, 0) is 0 Å². The Morgan fingerprint density at radius 3 is 2.82 bits per heavy atom. The molecule has 1 heterocycles. The first-order valence-electron chi connectivity index (χ1n) is 3.77. The highest BCUT2D eigenvalue weighted by atomic mass is 79.9. The number of halogens is 1. The predicted molar refractivity (Wildman–Crippen MR) is 46.1 cm³/mol. The second kappa shape index (κ2) is 2.64. The molecule has 0 saturated heterocycles. The van der Waals surface area contributed by atoms with Crippen molar-refractivity contribution in [2.24, 2.45) is 11.7 Å². The van der Waals surface area contributed by atoms with Gasteiger partial charge in [0.1, 0.15) is 12.0 Å². The predicted octanol–water partition coefficient (Wildman–Crippen LogP) is 2.45. The molecule has 0 spiro atoms. The minimum atomic E-state index is 0.112. The lowest BCUT2D eigenvalue weighted by molar-refractivity contribution is 0.442. The van der Waals surface area contributed by atoms with Crippen LogP contribution in [-0.4, -0.2) is 0 Å². The van der Waals surface area contributed by atoms with Crippen LogP contribution in [0.25, 0.3) is 0 Å². The number of rotatable bonds is 2. The third kappa shape index (κ3) is 1.49. The van der Waals surface area contributed by atoms with Crippen LogP contribution in [0.5, 0.6) is 0 Å². The highest BCUT2D eigenvalue weighted by Gasteiger charge is 2.31. The maximum Gasteiger partial charge on any atom is 0.121 e. The van der Waals surface area contributed by atoms with Gasteiger partial charge in [0.25, 0.3) is 0 Å². The van der Waals surface area contributed by atoms with E-state index in [4.69, 9.17) is 10.2 Å². The van der Waals surface area contributed by atoms with Crippen molar-refractivity contribution in [3.8, 4) is 0 Å². The molecule has 1 aromatic rings. The zero-order chi connectivity index (χ0) is 7.84. The summed E-state index contributed by atoms with van der Waals surface area (Å²) in [6.07, 6.45) is 4.18. The molecule has 1 aliphatic rings. The highest BCUT2D eigenvalue weighted by Crippen LogP contribution is 2.40. The van der Waals surface area contributed by atoms with E-state index >= 15 is 0 Å². The van der Waals surface area contributed by atoms with E-state index in [1.165, 1.54) is 12.8 Å². The summed E-state index contributed by atoms with van der Waals surface area (Å²) >= 11 is 3.32. The number of hydrogen-bond acceptors (Lipinski definition) is 2. The maximum absolute atomic E-state index is 5.90. The molecule has 0 amide bonds. The fraction of sp³-hybridized carbons (Fsp3) is 0.500. The molecule has 0 bridgehead atoms. The van der Waals surface area contributed by atoms with Gasteiger partial charge in [-0.25, -0.2) is 0 Å². The lowest BCUT2D eigenvalue weighted by Crippen LogP contribution is -2.10. The van der Waals surface area contributed by atoms with Crippen molar-refractivity contribution < 1.29 is 4.42 Å². The normalized spacial score (nSPS) is 20.2. The van der Waals surface area contributed by atoms with Crippen molar-refractivity contribution >= 4 is 15.9 Å². The Bertz CT molecular complexity index is 254. The fourth-order valence-corrected chi connectivity index (χ4v) is 1.51. The third-order valence-electron chi connectivity index (χ3n) is 2.05. The van der Waals surface area contributed by atoms with Gasteiger partial charge in [0, 0.05) is 0 Å². The fourth-order valence-electron chi connectivity index (χ4n) is 1.19. The van der Waals surface area contributed by atoms with E-state index in [1.807, 2.05) is 6.07 Å². The first-order valence-corrected chi connectivity index (χ1v) is 4.56. The molecule has 2 rings (SSSR count). The van der Waals surface area contributed by atoms with Gasteiger partial charge in [-0.05, 0) is 40.8 Å². The molecule has 11 heavy (non-hydrogen) atoms. The van der Waals surface area contributed by atoms with Crippen LogP contribution < -0.4 is 5.73 Å². The monoisotopic (exact) mass is 215 g/mol. The molecule has 1 aliphatic carbocycles. The van der Waals surface area contributed by atoms with Gasteiger partial charge in [-0.1, -0.05) is 0 Å². The van der Waals surface area contributed by atoms with Gasteiger partial charge in [-0.15, -0.1) is 0 Å². The van der Waals surface area contributed by atoms with Gasteiger partial charge in [-0.3, -0.25) is 0 Å². The lowest BCUT2D eigenvalue weighted by Gasteiger charge is -2.04. The molecule has 0 radical (unpaired) electrons. The summed E-state index contributed by atoms with van der Waals surface area (Å²) < 4.78 is 6.23. The molecule has 1 saturated carbocycles. The zero-order valence-corrected chi connectivity index (χ0v) is 7.67. The number of furan rings is 1. The number of nitrogens with two attached hydrogens (primary N) is 1. The average molecular weight is 216 g/mol. The Hall–Kier alpha value is -0.280. The van der Waals surface area contributed by atoms with Crippen molar-refractivity contribution in [2.75, 3.05) is 0 Å². The molecule has 3 heteroatoms. The van der Waals surface area contributed by atoms with Gasteiger partial charge in [0.2, 0.25) is 0 Å². The van der Waals surface area contributed by atoms with Gasteiger partial charge in [0.05, 0.1) is 10.5 Å². The van der Waals surface area contributed by atoms with E-state index < -0.39 is 0 Å². The second-order valence-electron chi connectivity index (χ2n) is 3.03. The lowest BCUT2D eigenvalue weighted by atomic mass is 10.1. The summed E-state index contributed by atoms with van der Waals surface area (Å²) in [5, 5.41) is 0. The van der Waals surface area contributed by atoms with Gasteiger partial charge < -0.3 is 10.2 Å². The summed E-state index contributed by atoms with van der Waals surface area (Å²) in [6, 6.07) is 2.06.